The third-order valence-corrected chi connectivity index (χ3v) is 9.71. The van der Waals surface area contributed by atoms with Crippen LogP contribution in [-0.4, -0.2) is 88.6 Å². The van der Waals surface area contributed by atoms with Gasteiger partial charge in [0.05, 0.1) is 26.9 Å². The quantitative estimate of drug-likeness (QED) is 0.303. The predicted octanol–water partition coefficient (Wildman–Crippen LogP) is 4.15. The molecule has 4 N–H and O–H groups in total. The number of aliphatic hydroxyl groups excluding tert-OH is 1. The van der Waals surface area contributed by atoms with Crippen LogP contribution in [0.5, 0.6) is 6.01 Å². The maximum Gasteiger partial charge on any atom is 0.319 e. The van der Waals surface area contributed by atoms with E-state index >= 15 is 4.39 Å². The van der Waals surface area contributed by atoms with E-state index < -0.39 is 29.4 Å². The Morgan fingerprint density at radius 1 is 1.19 bits per heavy atom. The number of nitrogens with zero attached hydrogens (tertiary/aromatic N) is 5. The highest BCUT2D eigenvalue weighted by molar-refractivity contribution is 7.22. The van der Waals surface area contributed by atoms with Gasteiger partial charge < -0.3 is 25.8 Å². The molecule has 3 aliphatic heterocycles. The molecule has 9 nitrogen and oxygen atoms in total. The molecule has 3 saturated heterocycles. The summed E-state index contributed by atoms with van der Waals surface area (Å²) in [6.07, 6.45) is 0.492. The summed E-state index contributed by atoms with van der Waals surface area (Å²) in [5.41, 5.74) is 5.86. The summed E-state index contributed by atoms with van der Waals surface area (Å²) in [7, 11) is 0. The molecule has 5 heterocycles. The third kappa shape index (κ3) is 4.71. The van der Waals surface area contributed by atoms with Gasteiger partial charge in [-0.15, -0.1) is 0 Å². The zero-order chi connectivity index (χ0) is 29.2. The first-order valence-electron chi connectivity index (χ1n) is 13.9. The van der Waals surface area contributed by atoms with Crippen LogP contribution in [0.2, 0.25) is 5.02 Å². The first-order valence-corrected chi connectivity index (χ1v) is 15.1. The fourth-order valence-corrected chi connectivity index (χ4v) is 7.70. The van der Waals surface area contributed by atoms with Gasteiger partial charge in [0.1, 0.15) is 29.9 Å². The molecule has 2 aromatic heterocycles. The van der Waals surface area contributed by atoms with Gasteiger partial charge in [-0.1, -0.05) is 22.9 Å². The van der Waals surface area contributed by atoms with Crippen LogP contribution in [0.25, 0.3) is 32.2 Å². The van der Waals surface area contributed by atoms with E-state index in [1.807, 2.05) is 4.90 Å². The van der Waals surface area contributed by atoms with Gasteiger partial charge in [-0.05, 0) is 37.6 Å². The summed E-state index contributed by atoms with van der Waals surface area (Å²) in [6.45, 7) is 3.05. The predicted molar refractivity (Wildman–Crippen MR) is 157 cm³/mol. The molecule has 0 bridgehead atoms. The Kier molecular flexibility index (Phi) is 7.05. The molecule has 7 rings (SSSR count). The number of ether oxygens (including phenoxy) is 1. The fourth-order valence-electron chi connectivity index (χ4n) is 6.64. The SMILES string of the molecule is Nc1nc2c(-c3c(Cl)cc4c(N5CCNCC(O)C5)nc(OCC56CCCN5C[C@H](F)C6)nc4c3F)ccc(F)c2s1. The molecule has 0 spiro atoms. The van der Waals surface area contributed by atoms with Gasteiger partial charge in [0.25, 0.3) is 0 Å². The molecule has 2 aromatic carbocycles. The molecule has 0 amide bonds. The first-order chi connectivity index (χ1) is 20.2. The normalized spacial score (nSPS) is 24.9. The van der Waals surface area contributed by atoms with Crippen LogP contribution in [0.3, 0.4) is 0 Å². The summed E-state index contributed by atoms with van der Waals surface area (Å²) < 4.78 is 51.9. The Hall–Kier alpha value is -2.97. The first kappa shape index (κ1) is 27.8. The monoisotopic (exact) mass is 619 g/mol. The number of fused-ring (bicyclic) bond motifs is 3. The number of nitrogens with one attached hydrogen (secondary N) is 1. The van der Waals surface area contributed by atoms with Gasteiger partial charge >= 0.3 is 6.01 Å². The van der Waals surface area contributed by atoms with Crippen LogP contribution in [0.1, 0.15) is 19.3 Å². The highest BCUT2D eigenvalue weighted by atomic mass is 35.5. The van der Waals surface area contributed by atoms with E-state index in [9.17, 15) is 13.9 Å². The average Bonchev–Trinajstić information content (AvgIpc) is 3.56. The Balaban J connectivity index is 1.37. The van der Waals surface area contributed by atoms with Crippen molar-refractivity contribution in [2.24, 2.45) is 0 Å². The standard InChI is InChI=1S/C28H29ClF3N7O2S/c29-18-8-17-22(21(32)20(18)16-2-3-19(31)24-23(16)35-26(33)42-24)36-27(37-25(17)38-7-5-34-10-15(40)12-38)41-13-28-4-1-6-39(28)11-14(30)9-28/h2-3,8,14-15,34,40H,1,4-7,9-13H2,(H2,33,35)/t14-,15?,28?/m1/s1. The second-order valence-electron chi connectivity index (χ2n) is 11.3. The minimum Gasteiger partial charge on any atom is -0.461 e. The van der Waals surface area contributed by atoms with E-state index in [0.717, 1.165) is 30.7 Å². The summed E-state index contributed by atoms with van der Waals surface area (Å²) >= 11 is 7.69. The molecule has 0 aliphatic carbocycles. The van der Waals surface area contributed by atoms with Crippen LogP contribution < -0.4 is 20.7 Å². The summed E-state index contributed by atoms with van der Waals surface area (Å²) in [5, 5.41) is 14.2. The molecule has 3 fully saturated rings. The number of β-amino-alcohol motifs (C(OH)–C–C–N with tert-alkyl or cyclic N) is 1. The number of thiazole rings is 1. The fraction of sp³-hybridized carbons (Fsp3) is 0.464. The second-order valence-corrected chi connectivity index (χ2v) is 12.7. The average molecular weight is 620 g/mol. The molecule has 14 heteroatoms. The maximum absolute atomic E-state index is 16.6. The van der Waals surface area contributed by atoms with Crippen molar-refractivity contribution < 1.29 is 23.0 Å². The Morgan fingerprint density at radius 2 is 2.05 bits per heavy atom. The molecule has 222 valence electrons. The van der Waals surface area contributed by atoms with Gasteiger partial charge in [0.15, 0.2) is 10.9 Å². The number of benzene rings is 2. The molecular formula is C28H29ClF3N7O2S. The van der Waals surface area contributed by atoms with Crippen LogP contribution in [-0.2, 0) is 0 Å². The van der Waals surface area contributed by atoms with Crippen LogP contribution >= 0.6 is 22.9 Å². The lowest BCUT2D eigenvalue weighted by molar-refractivity contribution is 0.107. The number of rotatable bonds is 5. The molecular weight excluding hydrogens is 591 g/mol. The van der Waals surface area contributed by atoms with E-state index in [-0.39, 0.29) is 56.2 Å². The molecule has 2 unspecified atom stereocenters. The number of anilines is 2. The van der Waals surface area contributed by atoms with E-state index in [4.69, 9.17) is 22.1 Å². The Bertz CT molecular complexity index is 1690. The number of halogens is 4. The number of nitrogen functional groups attached to an aromatic ring is 1. The molecule has 0 saturated carbocycles. The van der Waals surface area contributed by atoms with Crippen molar-refractivity contribution in [1.29, 1.82) is 0 Å². The highest BCUT2D eigenvalue weighted by Gasteiger charge is 2.49. The minimum absolute atomic E-state index is 0.00394. The van der Waals surface area contributed by atoms with Crippen LogP contribution in [0, 0.1) is 11.6 Å². The summed E-state index contributed by atoms with van der Waals surface area (Å²) in [6, 6.07) is 4.17. The zero-order valence-corrected chi connectivity index (χ0v) is 24.1. The molecule has 3 atom stereocenters. The number of alkyl halides is 1. The molecule has 0 radical (unpaired) electrons. The topological polar surface area (TPSA) is 113 Å². The smallest absolute Gasteiger partial charge is 0.319 e. The number of hydrogen-bond acceptors (Lipinski definition) is 10. The largest absolute Gasteiger partial charge is 0.461 e. The van der Waals surface area contributed by atoms with Crippen LogP contribution in [0.4, 0.5) is 24.1 Å². The van der Waals surface area contributed by atoms with E-state index in [0.29, 0.717) is 43.8 Å². The van der Waals surface area contributed by atoms with E-state index in [1.54, 1.807) is 6.07 Å². The second kappa shape index (κ2) is 10.6. The van der Waals surface area contributed by atoms with Crippen molar-refractivity contribution in [3.8, 4) is 17.1 Å². The maximum atomic E-state index is 16.6. The lowest BCUT2D eigenvalue weighted by Crippen LogP contribution is -2.43. The molecule has 42 heavy (non-hydrogen) atoms. The van der Waals surface area contributed by atoms with Crippen LogP contribution in [0.15, 0.2) is 18.2 Å². The lowest BCUT2D eigenvalue weighted by atomic mass is 9.95. The number of aliphatic hydroxyl groups is 1. The summed E-state index contributed by atoms with van der Waals surface area (Å²) in [5.74, 6) is -0.899. The third-order valence-electron chi connectivity index (χ3n) is 8.52. The van der Waals surface area contributed by atoms with Crippen molar-refractivity contribution in [1.82, 2.24) is 25.2 Å². The van der Waals surface area contributed by atoms with Gasteiger partial charge in [-0.2, -0.15) is 9.97 Å². The number of hydrogen-bond donors (Lipinski definition) is 3. The van der Waals surface area contributed by atoms with Crippen molar-refractivity contribution in [3.05, 3.63) is 34.9 Å². The van der Waals surface area contributed by atoms with Gasteiger partial charge in [0.2, 0.25) is 0 Å². The van der Waals surface area contributed by atoms with Gasteiger partial charge in [-0.25, -0.2) is 18.2 Å². The molecule has 4 aromatic rings. The van der Waals surface area contributed by atoms with E-state index in [2.05, 4.69) is 25.2 Å². The number of nitrogens with two attached hydrogens (primary N) is 1. The minimum atomic E-state index is -0.928. The zero-order valence-electron chi connectivity index (χ0n) is 22.5. The van der Waals surface area contributed by atoms with Crippen molar-refractivity contribution in [2.45, 2.75) is 37.1 Å². The number of aromatic nitrogens is 3. The highest BCUT2D eigenvalue weighted by Crippen LogP contribution is 2.44. The van der Waals surface area contributed by atoms with Crippen molar-refractivity contribution in [2.75, 3.05) is 56.5 Å². The van der Waals surface area contributed by atoms with Crippen molar-refractivity contribution >= 4 is 55.0 Å². The van der Waals surface area contributed by atoms with Gasteiger partial charge in [0, 0.05) is 55.7 Å². The lowest BCUT2D eigenvalue weighted by Gasteiger charge is -2.31. The van der Waals surface area contributed by atoms with E-state index in [1.165, 1.54) is 12.1 Å². The Morgan fingerprint density at radius 3 is 2.90 bits per heavy atom. The van der Waals surface area contributed by atoms with Gasteiger partial charge in [-0.3, -0.25) is 4.90 Å². The summed E-state index contributed by atoms with van der Waals surface area (Å²) in [4.78, 5) is 17.4. The molecule has 3 aliphatic rings. The van der Waals surface area contributed by atoms with Crippen molar-refractivity contribution in [3.63, 3.8) is 0 Å². The Labute approximate surface area is 248 Å².